The second-order valence-corrected chi connectivity index (χ2v) is 5.95. The molecule has 2 aromatic rings. The van der Waals surface area contributed by atoms with Crippen LogP contribution >= 0.6 is 12.4 Å². The first-order valence-corrected chi connectivity index (χ1v) is 7.80. The topological polar surface area (TPSA) is 68.9 Å². The standard InChI is InChI=1S/C18H19F2N3O2.ClH/c1-18(11-24-10-16(21)23-18)12-5-4-6-13(9-12)22-14-7-2-3-8-15(14)25-17(19)20;/h2-9,17,22H,10-11H2,1H3,(H2,21,23);1H. The summed E-state index contributed by atoms with van der Waals surface area (Å²) in [5.74, 6) is 0.528. The fourth-order valence-corrected chi connectivity index (χ4v) is 2.74. The SMILES string of the molecule is CC1(c2cccc(Nc3ccccc3OC(F)F)c2)COCC(N)=N1.Cl. The Morgan fingerprint density at radius 2 is 2.00 bits per heavy atom. The number of rotatable bonds is 5. The van der Waals surface area contributed by atoms with E-state index in [2.05, 4.69) is 15.0 Å². The van der Waals surface area contributed by atoms with Gasteiger partial charge in [0.1, 0.15) is 23.7 Å². The van der Waals surface area contributed by atoms with Gasteiger partial charge in [-0.15, -0.1) is 12.4 Å². The van der Waals surface area contributed by atoms with Crippen LogP contribution in [0, 0.1) is 0 Å². The molecular weight excluding hydrogens is 364 g/mol. The highest BCUT2D eigenvalue weighted by Crippen LogP contribution is 2.33. The van der Waals surface area contributed by atoms with Gasteiger partial charge in [0.15, 0.2) is 0 Å². The van der Waals surface area contributed by atoms with Crippen molar-refractivity contribution in [2.75, 3.05) is 18.5 Å². The van der Waals surface area contributed by atoms with Gasteiger partial charge in [-0.05, 0) is 36.8 Å². The van der Waals surface area contributed by atoms with E-state index in [4.69, 9.17) is 10.5 Å². The summed E-state index contributed by atoms with van der Waals surface area (Å²) in [7, 11) is 0. The lowest BCUT2D eigenvalue weighted by molar-refractivity contribution is -0.0493. The molecule has 0 bridgehead atoms. The molecule has 26 heavy (non-hydrogen) atoms. The molecule has 0 saturated heterocycles. The van der Waals surface area contributed by atoms with Crippen LogP contribution in [-0.2, 0) is 10.3 Å². The van der Waals surface area contributed by atoms with Crippen LogP contribution in [0.5, 0.6) is 5.75 Å². The average molecular weight is 384 g/mol. The van der Waals surface area contributed by atoms with E-state index in [9.17, 15) is 8.78 Å². The first-order chi connectivity index (χ1) is 12.0. The molecule has 0 aromatic heterocycles. The van der Waals surface area contributed by atoms with Crippen molar-refractivity contribution in [3.63, 3.8) is 0 Å². The smallest absolute Gasteiger partial charge is 0.387 e. The molecule has 0 fully saturated rings. The van der Waals surface area contributed by atoms with Crippen LogP contribution in [0.2, 0.25) is 0 Å². The van der Waals surface area contributed by atoms with Gasteiger partial charge < -0.3 is 20.5 Å². The number of para-hydroxylation sites is 2. The Labute approximate surface area is 156 Å². The number of hydrogen-bond donors (Lipinski definition) is 2. The zero-order valence-electron chi connectivity index (χ0n) is 14.1. The van der Waals surface area contributed by atoms with Gasteiger partial charge in [-0.25, -0.2) is 0 Å². The number of ether oxygens (including phenoxy) is 2. The Morgan fingerprint density at radius 3 is 2.73 bits per heavy atom. The summed E-state index contributed by atoms with van der Waals surface area (Å²) >= 11 is 0. The maximum absolute atomic E-state index is 12.5. The first kappa shape index (κ1) is 19.9. The van der Waals surface area contributed by atoms with E-state index in [1.54, 1.807) is 18.2 Å². The molecule has 1 aliphatic rings. The quantitative estimate of drug-likeness (QED) is 0.817. The van der Waals surface area contributed by atoms with E-state index >= 15 is 0 Å². The molecule has 0 amide bonds. The molecule has 1 heterocycles. The molecule has 8 heteroatoms. The minimum atomic E-state index is -2.88. The lowest BCUT2D eigenvalue weighted by atomic mass is 9.92. The molecular formula is C18H20ClF2N3O2. The van der Waals surface area contributed by atoms with Crippen LogP contribution in [0.4, 0.5) is 20.2 Å². The summed E-state index contributed by atoms with van der Waals surface area (Å²) < 4.78 is 35.1. The zero-order chi connectivity index (χ0) is 17.9. The molecule has 5 nitrogen and oxygen atoms in total. The second-order valence-electron chi connectivity index (χ2n) is 5.95. The van der Waals surface area contributed by atoms with Crippen molar-refractivity contribution in [3.8, 4) is 5.75 Å². The Bertz CT molecular complexity index is 789. The van der Waals surface area contributed by atoms with Gasteiger partial charge in [-0.2, -0.15) is 8.78 Å². The summed E-state index contributed by atoms with van der Waals surface area (Å²) in [6.45, 7) is -0.204. The van der Waals surface area contributed by atoms with Gasteiger partial charge in [0.25, 0.3) is 0 Å². The third-order valence-corrected chi connectivity index (χ3v) is 3.89. The number of amidine groups is 1. The van der Waals surface area contributed by atoms with E-state index in [0.29, 0.717) is 24.7 Å². The van der Waals surface area contributed by atoms with Gasteiger partial charge in [0.2, 0.25) is 0 Å². The molecule has 1 atom stereocenters. The maximum Gasteiger partial charge on any atom is 0.387 e. The average Bonchev–Trinajstić information content (AvgIpc) is 2.56. The number of benzene rings is 2. The predicted octanol–water partition coefficient (Wildman–Crippen LogP) is 4.06. The Hall–Kier alpha value is -2.38. The predicted molar refractivity (Wildman–Crippen MR) is 99.8 cm³/mol. The van der Waals surface area contributed by atoms with Crippen LogP contribution in [0.3, 0.4) is 0 Å². The van der Waals surface area contributed by atoms with Gasteiger partial charge >= 0.3 is 6.61 Å². The number of nitrogens with one attached hydrogen (secondary N) is 1. The summed E-state index contributed by atoms with van der Waals surface area (Å²) in [5, 5.41) is 3.11. The summed E-state index contributed by atoms with van der Waals surface area (Å²) in [6.07, 6.45) is 0. The molecule has 0 spiro atoms. The summed E-state index contributed by atoms with van der Waals surface area (Å²) in [4.78, 5) is 4.51. The van der Waals surface area contributed by atoms with E-state index in [0.717, 1.165) is 11.3 Å². The normalized spacial score (nSPS) is 19.5. The fourth-order valence-electron chi connectivity index (χ4n) is 2.74. The Balaban J connectivity index is 0.00000243. The summed E-state index contributed by atoms with van der Waals surface area (Å²) in [6, 6.07) is 14.1. The van der Waals surface area contributed by atoms with Crippen molar-refractivity contribution in [3.05, 3.63) is 54.1 Å². The lowest BCUT2D eigenvalue weighted by Gasteiger charge is -2.30. The molecule has 1 unspecified atom stereocenters. The van der Waals surface area contributed by atoms with Crippen molar-refractivity contribution in [1.82, 2.24) is 0 Å². The van der Waals surface area contributed by atoms with E-state index in [1.165, 1.54) is 6.07 Å². The van der Waals surface area contributed by atoms with Crippen LogP contribution in [-0.4, -0.2) is 25.7 Å². The van der Waals surface area contributed by atoms with E-state index < -0.39 is 12.2 Å². The number of alkyl halides is 2. The minimum absolute atomic E-state index is 0. The van der Waals surface area contributed by atoms with E-state index in [-0.39, 0.29) is 18.2 Å². The van der Waals surface area contributed by atoms with Gasteiger partial charge in [0, 0.05) is 5.69 Å². The second kappa shape index (κ2) is 8.33. The largest absolute Gasteiger partial charge is 0.433 e. The molecule has 1 aliphatic heterocycles. The first-order valence-electron chi connectivity index (χ1n) is 7.80. The van der Waals surface area contributed by atoms with Crippen LogP contribution in [0.15, 0.2) is 53.5 Å². The van der Waals surface area contributed by atoms with Crippen molar-refractivity contribution in [1.29, 1.82) is 0 Å². The van der Waals surface area contributed by atoms with E-state index in [1.807, 2.05) is 31.2 Å². The molecule has 0 aliphatic carbocycles. The van der Waals surface area contributed by atoms with Gasteiger partial charge in [-0.3, -0.25) is 4.99 Å². The highest BCUT2D eigenvalue weighted by atomic mass is 35.5. The molecule has 0 radical (unpaired) electrons. The van der Waals surface area contributed by atoms with Crippen molar-refractivity contribution >= 4 is 29.6 Å². The fraction of sp³-hybridized carbons (Fsp3) is 0.278. The molecule has 3 N–H and O–H groups in total. The third-order valence-electron chi connectivity index (χ3n) is 3.89. The number of anilines is 2. The molecule has 2 aromatic carbocycles. The van der Waals surface area contributed by atoms with Crippen molar-refractivity contribution < 1.29 is 18.3 Å². The van der Waals surface area contributed by atoms with Crippen molar-refractivity contribution in [2.45, 2.75) is 19.1 Å². The summed E-state index contributed by atoms with van der Waals surface area (Å²) in [5.41, 5.74) is 7.30. The lowest BCUT2D eigenvalue weighted by Crippen LogP contribution is -2.37. The molecule has 3 rings (SSSR count). The highest BCUT2D eigenvalue weighted by Gasteiger charge is 2.30. The molecule has 0 saturated carbocycles. The van der Waals surface area contributed by atoms with Crippen LogP contribution in [0.1, 0.15) is 12.5 Å². The Morgan fingerprint density at radius 1 is 1.23 bits per heavy atom. The number of hydrogen-bond acceptors (Lipinski definition) is 5. The minimum Gasteiger partial charge on any atom is -0.433 e. The number of nitrogens with zero attached hydrogens (tertiary/aromatic N) is 1. The van der Waals surface area contributed by atoms with Crippen molar-refractivity contribution in [2.24, 2.45) is 10.7 Å². The monoisotopic (exact) mass is 383 g/mol. The van der Waals surface area contributed by atoms with Gasteiger partial charge in [-0.1, -0.05) is 24.3 Å². The molecule has 140 valence electrons. The van der Waals surface area contributed by atoms with Gasteiger partial charge in [0.05, 0.1) is 12.3 Å². The number of aliphatic imine (C=N–C) groups is 1. The number of nitrogens with two attached hydrogens (primary N) is 1. The maximum atomic E-state index is 12.5. The highest BCUT2D eigenvalue weighted by molar-refractivity contribution is 5.85. The van der Waals surface area contributed by atoms with Crippen LogP contribution in [0.25, 0.3) is 0 Å². The zero-order valence-corrected chi connectivity index (χ0v) is 14.9. The third kappa shape index (κ3) is 4.62. The van der Waals surface area contributed by atoms with Crippen LogP contribution < -0.4 is 15.8 Å². The Kier molecular flexibility index (Phi) is 6.39. The number of halogens is 3.